The van der Waals surface area contributed by atoms with Crippen LogP contribution in [0.15, 0.2) is 28.7 Å². The predicted octanol–water partition coefficient (Wildman–Crippen LogP) is 1.97. The Balaban J connectivity index is 1.76. The van der Waals surface area contributed by atoms with Crippen molar-refractivity contribution in [2.75, 3.05) is 18.4 Å². The maximum atomic E-state index is 12.7. The lowest BCUT2D eigenvalue weighted by atomic mass is 10.1. The van der Waals surface area contributed by atoms with Gasteiger partial charge in [0.2, 0.25) is 5.89 Å². The summed E-state index contributed by atoms with van der Waals surface area (Å²) in [4.78, 5) is 0. The largest absolute Gasteiger partial charge is 0.407 e. The lowest BCUT2D eigenvalue weighted by Gasteiger charge is -2.01. The first-order chi connectivity index (χ1) is 9.28. The van der Waals surface area contributed by atoms with E-state index < -0.39 is 0 Å². The Labute approximate surface area is 111 Å². The third-order valence-electron chi connectivity index (χ3n) is 2.60. The van der Waals surface area contributed by atoms with Gasteiger partial charge in [-0.05, 0) is 30.7 Å². The molecule has 2 N–H and O–H groups in total. The first kappa shape index (κ1) is 13.5. The third kappa shape index (κ3) is 4.33. The first-order valence-electron chi connectivity index (χ1n) is 6.29. The highest BCUT2D eigenvalue weighted by Crippen LogP contribution is 2.07. The number of nitrogens with zero attached hydrogens (tertiary/aromatic N) is 2. The zero-order valence-corrected chi connectivity index (χ0v) is 10.8. The highest BCUT2D eigenvalue weighted by molar-refractivity contribution is 5.20. The fraction of sp³-hybridized carbons (Fsp3) is 0.385. The number of hydrogen-bond donors (Lipinski definition) is 2. The summed E-state index contributed by atoms with van der Waals surface area (Å²) in [5, 5.41) is 13.9. The van der Waals surface area contributed by atoms with Crippen molar-refractivity contribution in [2.24, 2.45) is 0 Å². The third-order valence-corrected chi connectivity index (χ3v) is 2.60. The Hall–Kier alpha value is -1.95. The van der Waals surface area contributed by atoms with Crippen molar-refractivity contribution < 1.29 is 8.81 Å². The molecule has 0 radical (unpaired) electrons. The monoisotopic (exact) mass is 264 g/mol. The van der Waals surface area contributed by atoms with Crippen LogP contribution in [-0.2, 0) is 13.0 Å². The summed E-state index contributed by atoms with van der Waals surface area (Å²) in [6.07, 6.45) is 0.769. The van der Waals surface area contributed by atoms with Gasteiger partial charge in [0.1, 0.15) is 5.82 Å². The van der Waals surface area contributed by atoms with E-state index in [-0.39, 0.29) is 5.82 Å². The lowest BCUT2D eigenvalue weighted by molar-refractivity contribution is 0.481. The minimum absolute atomic E-state index is 0.221. The van der Waals surface area contributed by atoms with Gasteiger partial charge in [0.15, 0.2) is 0 Å². The van der Waals surface area contributed by atoms with E-state index in [2.05, 4.69) is 20.8 Å². The molecular weight excluding hydrogens is 247 g/mol. The second kappa shape index (κ2) is 6.84. The van der Waals surface area contributed by atoms with Gasteiger partial charge in [0.05, 0.1) is 6.54 Å². The summed E-state index contributed by atoms with van der Waals surface area (Å²) in [6.45, 7) is 4.10. The zero-order valence-electron chi connectivity index (χ0n) is 10.8. The number of benzene rings is 1. The fourth-order valence-corrected chi connectivity index (χ4v) is 1.59. The molecule has 0 saturated carbocycles. The molecule has 0 aliphatic heterocycles. The van der Waals surface area contributed by atoms with Crippen LogP contribution in [0.2, 0.25) is 0 Å². The average molecular weight is 264 g/mol. The molecule has 0 bridgehead atoms. The van der Waals surface area contributed by atoms with Crippen LogP contribution in [0.4, 0.5) is 10.4 Å². The second-order valence-electron chi connectivity index (χ2n) is 4.08. The maximum absolute atomic E-state index is 12.7. The molecule has 6 heteroatoms. The van der Waals surface area contributed by atoms with Crippen molar-refractivity contribution in [1.29, 1.82) is 0 Å². The van der Waals surface area contributed by atoms with E-state index in [4.69, 9.17) is 4.42 Å². The first-order valence-corrected chi connectivity index (χ1v) is 6.29. The Morgan fingerprint density at radius 1 is 1.21 bits per heavy atom. The quantitative estimate of drug-likeness (QED) is 0.800. The van der Waals surface area contributed by atoms with Gasteiger partial charge < -0.3 is 15.1 Å². The van der Waals surface area contributed by atoms with Crippen molar-refractivity contribution in [2.45, 2.75) is 19.9 Å². The van der Waals surface area contributed by atoms with Gasteiger partial charge in [-0.3, -0.25) is 0 Å². The number of aromatic nitrogens is 2. The Morgan fingerprint density at radius 3 is 2.74 bits per heavy atom. The van der Waals surface area contributed by atoms with Crippen molar-refractivity contribution in [3.8, 4) is 0 Å². The summed E-state index contributed by atoms with van der Waals surface area (Å²) >= 11 is 0. The number of halogens is 1. The van der Waals surface area contributed by atoms with Crippen LogP contribution >= 0.6 is 0 Å². The van der Waals surface area contributed by atoms with Crippen LogP contribution in [0.25, 0.3) is 0 Å². The van der Waals surface area contributed by atoms with Crippen LogP contribution in [0.1, 0.15) is 18.4 Å². The molecular formula is C13H17FN4O. The predicted molar refractivity (Wildman–Crippen MR) is 70.3 cm³/mol. The topological polar surface area (TPSA) is 63.0 Å². The molecule has 0 aliphatic carbocycles. The number of anilines is 1. The minimum atomic E-state index is -0.221. The Bertz CT molecular complexity index is 498. The Kier molecular flexibility index (Phi) is 4.85. The molecule has 19 heavy (non-hydrogen) atoms. The van der Waals surface area contributed by atoms with Crippen LogP contribution in [0.5, 0.6) is 0 Å². The molecule has 0 aliphatic rings. The summed E-state index contributed by atoms with van der Waals surface area (Å²) in [7, 11) is 0. The van der Waals surface area contributed by atoms with Crippen LogP contribution in [0.3, 0.4) is 0 Å². The highest BCUT2D eigenvalue weighted by Gasteiger charge is 2.04. The molecule has 0 amide bonds. The van der Waals surface area contributed by atoms with Gasteiger partial charge in [-0.1, -0.05) is 24.2 Å². The molecule has 0 saturated heterocycles. The molecule has 5 nitrogen and oxygen atoms in total. The van der Waals surface area contributed by atoms with E-state index in [0.29, 0.717) is 25.0 Å². The van der Waals surface area contributed by atoms with Crippen molar-refractivity contribution in [3.05, 3.63) is 41.5 Å². The van der Waals surface area contributed by atoms with E-state index in [1.54, 1.807) is 12.1 Å². The van der Waals surface area contributed by atoms with Crippen molar-refractivity contribution >= 4 is 6.01 Å². The lowest BCUT2D eigenvalue weighted by Crippen LogP contribution is -2.11. The molecule has 0 fully saturated rings. The fourth-order valence-electron chi connectivity index (χ4n) is 1.59. The molecule has 0 unspecified atom stereocenters. The number of hydrogen-bond acceptors (Lipinski definition) is 5. The SMILES string of the molecule is CCNCc1nnc(NCCc2ccc(F)cc2)o1. The van der Waals surface area contributed by atoms with Crippen molar-refractivity contribution in [1.82, 2.24) is 15.5 Å². The van der Waals surface area contributed by atoms with E-state index in [1.807, 2.05) is 6.92 Å². The zero-order chi connectivity index (χ0) is 13.5. The molecule has 0 atom stereocenters. The van der Waals surface area contributed by atoms with E-state index in [9.17, 15) is 4.39 Å². The molecule has 2 aromatic rings. The summed E-state index contributed by atoms with van der Waals surface area (Å²) in [6, 6.07) is 6.85. The van der Waals surface area contributed by atoms with Crippen LogP contribution in [-0.4, -0.2) is 23.3 Å². The van der Waals surface area contributed by atoms with Gasteiger partial charge in [-0.25, -0.2) is 4.39 Å². The summed E-state index contributed by atoms with van der Waals surface area (Å²) < 4.78 is 18.1. The summed E-state index contributed by atoms with van der Waals surface area (Å²) in [5.74, 6) is 0.341. The van der Waals surface area contributed by atoms with Crippen LogP contribution < -0.4 is 10.6 Å². The normalized spacial score (nSPS) is 10.6. The van der Waals surface area contributed by atoms with E-state index in [1.165, 1.54) is 12.1 Å². The van der Waals surface area contributed by atoms with Gasteiger partial charge in [-0.2, -0.15) is 0 Å². The number of nitrogens with one attached hydrogen (secondary N) is 2. The number of rotatable bonds is 7. The maximum Gasteiger partial charge on any atom is 0.315 e. The Morgan fingerprint density at radius 2 is 2.00 bits per heavy atom. The average Bonchev–Trinajstić information content (AvgIpc) is 2.87. The summed E-state index contributed by atoms with van der Waals surface area (Å²) in [5.41, 5.74) is 1.06. The molecule has 1 aromatic heterocycles. The van der Waals surface area contributed by atoms with Gasteiger partial charge >= 0.3 is 6.01 Å². The highest BCUT2D eigenvalue weighted by atomic mass is 19.1. The van der Waals surface area contributed by atoms with Crippen molar-refractivity contribution in [3.63, 3.8) is 0 Å². The molecule has 0 spiro atoms. The smallest absolute Gasteiger partial charge is 0.315 e. The van der Waals surface area contributed by atoms with E-state index >= 15 is 0 Å². The standard InChI is InChI=1S/C13H17FN4O/c1-2-15-9-12-17-18-13(19-12)16-8-7-10-3-5-11(14)6-4-10/h3-6,15H,2,7-9H2,1H3,(H,16,18). The van der Waals surface area contributed by atoms with Crippen LogP contribution in [0, 0.1) is 5.82 Å². The minimum Gasteiger partial charge on any atom is -0.407 e. The molecule has 2 rings (SSSR count). The van der Waals surface area contributed by atoms with Gasteiger partial charge in [0, 0.05) is 6.54 Å². The molecule has 1 aromatic carbocycles. The van der Waals surface area contributed by atoms with Gasteiger partial charge in [-0.15, -0.1) is 5.10 Å². The molecule has 1 heterocycles. The molecule has 102 valence electrons. The van der Waals surface area contributed by atoms with E-state index in [0.717, 1.165) is 18.5 Å². The van der Waals surface area contributed by atoms with Gasteiger partial charge in [0.25, 0.3) is 0 Å². The second-order valence-corrected chi connectivity index (χ2v) is 4.08.